The van der Waals surface area contributed by atoms with Crippen LogP contribution in [0, 0.1) is 5.82 Å². The number of nitrogens with two attached hydrogens (primary N) is 1. The lowest BCUT2D eigenvalue weighted by Gasteiger charge is -2.33. The molecule has 114 valence electrons. The van der Waals surface area contributed by atoms with Crippen molar-refractivity contribution in [1.82, 2.24) is 0 Å². The highest BCUT2D eigenvalue weighted by Gasteiger charge is 2.72. The summed E-state index contributed by atoms with van der Waals surface area (Å²) < 4.78 is 93.4. The minimum atomic E-state index is -6.19. The molecule has 0 aliphatic carbocycles. The third kappa shape index (κ3) is 2.35. The number of methoxy groups -OCH3 is 1. The molecule has 0 bridgehead atoms. The fourth-order valence-corrected chi connectivity index (χ4v) is 1.49. The Hall–Kier alpha value is -1.71. The highest BCUT2D eigenvalue weighted by atomic mass is 19.4. The molecule has 0 spiro atoms. The molecule has 0 saturated carbocycles. The number of alkyl halides is 6. The van der Waals surface area contributed by atoms with Crippen LogP contribution in [0.1, 0.15) is 5.56 Å². The molecule has 20 heavy (non-hydrogen) atoms. The molecule has 3 N–H and O–H groups in total. The van der Waals surface area contributed by atoms with Crippen LogP contribution in [-0.4, -0.2) is 24.6 Å². The van der Waals surface area contributed by atoms with E-state index in [1.165, 1.54) is 0 Å². The molecule has 0 fully saturated rings. The van der Waals surface area contributed by atoms with Crippen LogP contribution in [0.5, 0.6) is 5.75 Å². The monoisotopic (exact) mass is 307 g/mol. The maximum atomic E-state index is 13.4. The number of benzene rings is 1. The minimum Gasteiger partial charge on any atom is -0.495 e. The molecule has 0 heterocycles. The van der Waals surface area contributed by atoms with Crippen molar-refractivity contribution >= 4 is 5.69 Å². The van der Waals surface area contributed by atoms with E-state index in [0.29, 0.717) is 0 Å². The van der Waals surface area contributed by atoms with Gasteiger partial charge in [-0.1, -0.05) is 0 Å². The van der Waals surface area contributed by atoms with Crippen molar-refractivity contribution in [3.63, 3.8) is 0 Å². The van der Waals surface area contributed by atoms with E-state index in [0.717, 1.165) is 7.11 Å². The number of hydrogen-bond donors (Lipinski definition) is 2. The van der Waals surface area contributed by atoms with Crippen LogP contribution in [0.15, 0.2) is 12.1 Å². The number of ether oxygens (including phenoxy) is 1. The van der Waals surface area contributed by atoms with Gasteiger partial charge in [0.25, 0.3) is 5.60 Å². The highest BCUT2D eigenvalue weighted by Crippen LogP contribution is 2.51. The predicted molar refractivity (Wildman–Crippen MR) is 53.4 cm³/mol. The van der Waals surface area contributed by atoms with E-state index >= 15 is 0 Å². The standard InChI is InChI=1S/C10H8F7NO2/c1-20-7-2-4(5(11)3-6(7)18)8(19,9(12,13)14)10(15,16)17/h2-3,19H,18H2,1H3. The molecule has 0 radical (unpaired) electrons. The summed E-state index contributed by atoms with van der Waals surface area (Å²) in [5.41, 5.74) is -2.77. The van der Waals surface area contributed by atoms with Gasteiger partial charge in [0.05, 0.1) is 12.8 Å². The molecule has 0 aromatic heterocycles. The lowest BCUT2D eigenvalue weighted by atomic mass is 9.91. The summed E-state index contributed by atoms with van der Waals surface area (Å²) in [6.45, 7) is 0. The quantitative estimate of drug-likeness (QED) is 0.652. The number of hydrogen-bond acceptors (Lipinski definition) is 3. The summed E-state index contributed by atoms with van der Waals surface area (Å²) in [7, 11) is 0.910. The molecule has 10 heteroatoms. The van der Waals surface area contributed by atoms with Gasteiger partial charge in [0.1, 0.15) is 11.6 Å². The van der Waals surface area contributed by atoms with Gasteiger partial charge in [0.15, 0.2) is 0 Å². The zero-order valence-corrected chi connectivity index (χ0v) is 9.73. The summed E-state index contributed by atoms with van der Waals surface area (Å²) in [6.07, 6.45) is -12.4. The molecule has 1 rings (SSSR count). The summed E-state index contributed by atoms with van der Waals surface area (Å²) >= 11 is 0. The summed E-state index contributed by atoms with van der Waals surface area (Å²) in [6, 6.07) is 0.266. The zero-order chi connectivity index (χ0) is 15.9. The van der Waals surface area contributed by atoms with Crippen LogP contribution in [0.3, 0.4) is 0 Å². The Morgan fingerprint density at radius 3 is 1.85 bits per heavy atom. The van der Waals surface area contributed by atoms with Gasteiger partial charge in [-0.25, -0.2) is 4.39 Å². The average Bonchev–Trinajstić information content (AvgIpc) is 2.25. The molecule has 1 aromatic carbocycles. The van der Waals surface area contributed by atoms with Gasteiger partial charge in [-0.05, 0) is 6.07 Å². The molecule has 1 aromatic rings. The number of halogens is 7. The van der Waals surface area contributed by atoms with Crippen molar-refractivity contribution in [3.8, 4) is 5.75 Å². The van der Waals surface area contributed by atoms with Gasteiger partial charge in [-0.15, -0.1) is 0 Å². The van der Waals surface area contributed by atoms with Crippen molar-refractivity contribution in [2.75, 3.05) is 12.8 Å². The van der Waals surface area contributed by atoms with E-state index in [1.807, 2.05) is 0 Å². The fourth-order valence-electron chi connectivity index (χ4n) is 1.49. The number of aliphatic hydroxyl groups is 1. The molecule has 0 amide bonds. The van der Waals surface area contributed by atoms with Gasteiger partial charge >= 0.3 is 12.4 Å². The first-order valence-corrected chi connectivity index (χ1v) is 4.85. The number of anilines is 1. The smallest absolute Gasteiger partial charge is 0.430 e. The molecular formula is C10H8F7NO2. The Morgan fingerprint density at radius 2 is 1.50 bits per heavy atom. The third-order valence-corrected chi connectivity index (χ3v) is 2.53. The number of nitrogen functional groups attached to an aromatic ring is 1. The van der Waals surface area contributed by atoms with Gasteiger partial charge < -0.3 is 15.6 Å². The van der Waals surface area contributed by atoms with Crippen LogP contribution >= 0.6 is 0 Å². The Labute approximate surface area is 107 Å². The first-order chi connectivity index (χ1) is 8.86. The van der Waals surface area contributed by atoms with Crippen molar-refractivity contribution in [3.05, 3.63) is 23.5 Å². The van der Waals surface area contributed by atoms with Crippen molar-refractivity contribution in [2.24, 2.45) is 0 Å². The van der Waals surface area contributed by atoms with Crippen LogP contribution in [0.2, 0.25) is 0 Å². The summed E-state index contributed by atoms with van der Waals surface area (Å²) in [5, 5.41) is 9.06. The van der Waals surface area contributed by atoms with E-state index in [1.54, 1.807) is 0 Å². The Morgan fingerprint density at radius 1 is 1.05 bits per heavy atom. The van der Waals surface area contributed by atoms with E-state index < -0.39 is 40.8 Å². The zero-order valence-electron chi connectivity index (χ0n) is 9.73. The SMILES string of the molecule is COc1cc(C(O)(C(F)(F)F)C(F)(F)F)c(F)cc1N. The second kappa shape index (κ2) is 4.69. The average molecular weight is 307 g/mol. The van der Waals surface area contributed by atoms with Crippen molar-refractivity contribution in [1.29, 1.82) is 0 Å². The van der Waals surface area contributed by atoms with Gasteiger partial charge in [0.2, 0.25) is 0 Å². The predicted octanol–water partition coefficient (Wildman–Crippen LogP) is 2.73. The van der Waals surface area contributed by atoms with E-state index in [2.05, 4.69) is 4.74 Å². The van der Waals surface area contributed by atoms with Gasteiger partial charge in [0, 0.05) is 11.6 Å². The molecule has 0 aliphatic rings. The lowest BCUT2D eigenvalue weighted by Crippen LogP contribution is -2.54. The Bertz CT molecular complexity index is 496. The van der Waals surface area contributed by atoms with Gasteiger partial charge in [-0.3, -0.25) is 0 Å². The Kier molecular flexibility index (Phi) is 3.83. The Balaban J connectivity index is 3.68. The highest BCUT2D eigenvalue weighted by molar-refractivity contribution is 5.55. The molecule has 0 aliphatic heterocycles. The third-order valence-electron chi connectivity index (χ3n) is 2.53. The minimum absolute atomic E-state index is 0.0612. The maximum Gasteiger partial charge on any atom is 0.430 e. The molecular weight excluding hydrogens is 299 g/mol. The molecule has 0 saturated heterocycles. The molecule has 0 unspecified atom stereocenters. The van der Waals surface area contributed by atoms with Crippen LogP contribution in [-0.2, 0) is 5.60 Å². The summed E-state index contributed by atoms with van der Waals surface area (Å²) in [4.78, 5) is 0. The summed E-state index contributed by atoms with van der Waals surface area (Å²) in [5.74, 6) is -2.59. The maximum absolute atomic E-state index is 13.4. The second-order valence-corrected chi connectivity index (χ2v) is 3.78. The fraction of sp³-hybridized carbons (Fsp3) is 0.400. The normalized spacial score (nSPS) is 13.4. The van der Waals surface area contributed by atoms with E-state index in [-0.39, 0.29) is 12.1 Å². The van der Waals surface area contributed by atoms with Crippen LogP contribution in [0.4, 0.5) is 36.4 Å². The van der Waals surface area contributed by atoms with Crippen LogP contribution in [0.25, 0.3) is 0 Å². The van der Waals surface area contributed by atoms with Crippen LogP contribution < -0.4 is 10.5 Å². The molecule has 3 nitrogen and oxygen atoms in total. The lowest BCUT2D eigenvalue weighted by molar-refractivity contribution is -0.377. The first-order valence-electron chi connectivity index (χ1n) is 4.85. The molecule has 0 atom stereocenters. The van der Waals surface area contributed by atoms with E-state index in [4.69, 9.17) is 10.8 Å². The van der Waals surface area contributed by atoms with Crippen molar-refractivity contribution in [2.45, 2.75) is 18.0 Å². The second-order valence-electron chi connectivity index (χ2n) is 3.78. The number of rotatable bonds is 2. The van der Waals surface area contributed by atoms with Crippen molar-refractivity contribution < 1.29 is 40.6 Å². The van der Waals surface area contributed by atoms with E-state index in [9.17, 15) is 30.7 Å². The largest absolute Gasteiger partial charge is 0.495 e. The topological polar surface area (TPSA) is 55.5 Å². The van der Waals surface area contributed by atoms with Gasteiger partial charge in [-0.2, -0.15) is 26.3 Å². The first kappa shape index (κ1) is 16.3.